The largest absolute Gasteiger partial charge is 0.345 e. The Morgan fingerprint density at radius 2 is 1.54 bits per heavy atom. The second-order valence-corrected chi connectivity index (χ2v) is 13.7. The smallest absolute Gasteiger partial charge is 0.253 e. The molecule has 0 spiro atoms. The van der Waals surface area contributed by atoms with Crippen LogP contribution in [0, 0.1) is 0 Å². The molecule has 2 aromatic carbocycles. The molecule has 0 N–H and O–H groups in total. The first-order chi connectivity index (χ1) is 16.6. The average molecular weight is 535 g/mol. The van der Waals surface area contributed by atoms with Crippen LogP contribution < -0.4 is 4.90 Å². The van der Waals surface area contributed by atoms with Gasteiger partial charge < -0.3 is 9.80 Å². The van der Waals surface area contributed by atoms with Gasteiger partial charge in [-0.2, -0.15) is 4.31 Å². The van der Waals surface area contributed by atoms with E-state index in [9.17, 15) is 21.6 Å². The Labute approximate surface area is 208 Å². The number of para-hydroxylation sites is 1. The number of benzene rings is 2. The fraction of sp³-hybridized carbons (Fsp3) is 0.391. The summed E-state index contributed by atoms with van der Waals surface area (Å²) in [5, 5.41) is 0.736. The summed E-state index contributed by atoms with van der Waals surface area (Å²) in [4.78, 5) is 21.9. The third kappa shape index (κ3) is 4.67. The van der Waals surface area contributed by atoms with Gasteiger partial charge in [-0.05, 0) is 49.2 Å². The summed E-state index contributed by atoms with van der Waals surface area (Å²) in [5.41, 5.74) is 0.939. The molecule has 0 atom stereocenters. The summed E-state index contributed by atoms with van der Waals surface area (Å²) in [6.07, 6.45) is 2.93. The van der Waals surface area contributed by atoms with Crippen LogP contribution in [0.5, 0.6) is 0 Å². The molecule has 9 nitrogen and oxygen atoms in total. The number of sulfonamides is 1. The number of nitrogens with zero attached hydrogens (tertiary/aromatic N) is 4. The lowest BCUT2D eigenvalue weighted by Gasteiger charge is -2.34. The zero-order chi connectivity index (χ0) is 24.8. The van der Waals surface area contributed by atoms with Crippen molar-refractivity contribution in [1.82, 2.24) is 14.2 Å². The van der Waals surface area contributed by atoms with Gasteiger partial charge in [0, 0.05) is 51.1 Å². The minimum Gasteiger partial charge on any atom is -0.345 e. The molecule has 2 saturated heterocycles. The van der Waals surface area contributed by atoms with Gasteiger partial charge in [0.25, 0.3) is 5.91 Å². The van der Waals surface area contributed by atoms with Crippen molar-refractivity contribution < 1.29 is 21.6 Å². The predicted molar refractivity (Wildman–Crippen MR) is 135 cm³/mol. The van der Waals surface area contributed by atoms with Crippen LogP contribution in [0.15, 0.2) is 52.3 Å². The molecule has 0 radical (unpaired) electrons. The van der Waals surface area contributed by atoms with E-state index in [2.05, 4.69) is 9.88 Å². The zero-order valence-corrected chi connectivity index (χ0v) is 21.7. The Hall–Kier alpha value is -2.54. The first-order valence-electron chi connectivity index (χ1n) is 11.4. The van der Waals surface area contributed by atoms with Crippen molar-refractivity contribution in [2.75, 3.05) is 50.4 Å². The minimum absolute atomic E-state index is 0.140. The number of hydrogen-bond acceptors (Lipinski definition) is 8. The van der Waals surface area contributed by atoms with Crippen molar-refractivity contribution in [3.05, 3.63) is 48.0 Å². The van der Waals surface area contributed by atoms with Crippen molar-refractivity contribution in [3.63, 3.8) is 0 Å². The Balaban J connectivity index is 1.26. The Bertz CT molecular complexity index is 1470. The lowest BCUT2D eigenvalue weighted by Crippen LogP contribution is -2.48. The number of fused-ring (bicyclic) bond motifs is 1. The molecule has 2 fully saturated rings. The van der Waals surface area contributed by atoms with Crippen LogP contribution in [-0.2, 0) is 19.9 Å². The number of piperazine rings is 1. The van der Waals surface area contributed by atoms with Gasteiger partial charge in [0.1, 0.15) is 5.52 Å². The molecular formula is C23H26N4O5S3. The first kappa shape index (κ1) is 24.2. The van der Waals surface area contributed by atoms with Crippen molar-refractivity contribution in [2.45, 2.75) is 22.6 Å². The third-order valence-electron chi connectivity index (χ3n) is 6.41. The molecule has 5 rings (SSSR count). The molecule has 3 heterocycles. The number of sulfone groups is 1. The molecule has 35 heavy (non-hydrogen) atoms. The highest BCUT2D eigenvalue weighted by atomic mass is 32.2. The fourth-order valence-electron chi connectivity index (χ4n) is 4.48. The molecule has 2 aliphatic heterocycles. The second-order valence-electron chi connectivity index (χ2n) is 8.79. The standard InChI is InChI=1S/C23H26N4O5S3/c1-34(29,30)20-6-4-5-19-21(20)24-23(33-19)26-15-13-25(14-16-26)22(28)17-7-9-18(10-8-17)35(31,32)27-11-2-3-12-27/h4-10H,2-3,11-16H2,1H3. The van der Waals surface area contributed by atoms with E-state index in [0.29, 0.717) is 50.3 Å². The van der Waals surface area contributed by atoms with Crippen LogP contribution >= 0.6 is 11.3 Å². The maximum atomic E-state index is 13.0. The number of carbonyl (C=O) groups is 1. The van der Waals surface area contributed by atoms with E-state index in [0.717, 1.165) is 22.7 Å². The first-order valence-corrected chi connectivity index (χ1v) is 15.5. The second kappa shape index (κ2) is 9.16. The lowest BCUT2D eigenvalue weighted by atomic mass is 10.2. The van der Waals surface area contributed by atoms with Crippen molar-refractivity contribution >= 4 is 52.5 Å². The van der Waals surface area contributed by atoms with Gasteiger partial charge in [0.05, 0.1) is 14.5 Å². The molecule has 0 unspecified atom stereocenters. The number of anilines is 1. The van der Waals surface area contributed by atoms with Crippen LogP contribution in [0.1, 0.15) is 23.2 Å². The molecule has 0 aliphatic carbocycles. The summed E-state index contributed by atoms with van der Waals surface area (Å²) >= 11 is 1.44. The van der Waals surface area contributed by atoms with Crippen LogP contribution in [0.3, 0.4) is 0 Å². The van der Waals surface area contributed by atoms with Gasteiger partial charge >= 0.3 is 0 Å². The number of hydrogen-bond donors (Lipinski definition) is 0. The molecular weight excluding hydrogens is 508 g/mol. The summed E-state index contributed by atoms with van der Waals surface area (Å²) in [7, 11) is -6.89. The van der Waals surface area contributed by atoms with Gasteiger partial charge in [0.2, 0.25) is 10.0 Å². The molecule has 0 saturated carbocycles. The highest BCUT2D eigenvalue weighted by molar-refractivity contribution is 7.91. The van der Waals surface area contributed by atoms with Gasteiger partial charge in [-0.15, -0.1) is 0 Å². The van der Waals surface area contributed by atoms with Crippen LogP contribution in [-0.4, -0.2) is 82.5 Å². The van der Waals surface area contributed by atoms with Crippen LogP contribution in [0.25, 0.3) is 10.2 Å². The van der Waals surface area contributed by atoms with Crippen molar-refractivity contribution in [3.8, 4) is 0 Å². The molecule has 1 amide bonds. The number of amides is 1. The Morgan fingerprint density at radius 1 is 0.886 bits per heavy atom. The normalized spacial score (nSPS) is 17.9. The van der Waals surface area contributed by atoms with E-state index in [4.69, 9.17) is 0 Å². The lowest BCUT2D eigenvalue weighted by molar-refractivity contribution is 0.0746. The van der Waals surface area contributed by atoms with E-state index >= 15 is 0 Å². The summed E-state index contributed by atoms with van der Waals surface area (Å²) in [6, 6.07) is 11.3. The monoisotopic (exact) mass is 534 g/mol. The molecule has 2 aliphatic rings. The number of carbonyl (C=O) groups excluding carboxylic acids is 1. The SMILES string of the molecule is CS(=O)(=O)c1cccc2sc(N3CCN(C(=O)c4ccc(S(=O)(=O)N5CCCC5)cc4)CC3)nc12. The van der Waals surface area contributed by atoms with Gasteiger partial charge in [0.15, 0.2) is 15.0 Å². The molecule has 12 heteroatoms. The zero-order valence-electron chi connectivity index (χ0n) is 19.3. The highest BCUT2D eigenvalue weighted by Crippen LogP contribution is 2.33. The van der Waals surface area contributed by atoms with E-state index in [1.807, 2.05) is 6.07 Å². The van der Waals surface area contributed by atoms with Crippen LogP contribution in [0.2, 0.25) is 0 Å². The average Bonchev–Trinajstić information content (AvgIpc) is 3.54. The number of thiazole rings is 1. The van der Waals surface area contributed by atoms with E-state index < -0.39 is 19.9 Å². The van der Waals surface area contributed by atoms with Crippen molar-refractivity contribution in [2.24, 2.45) is 0 Å². The molecule has 186 valence electrons. The number of aromatic nitrogens is 1. The Kier molecular flexibility index (Phi) is 6.32. The summed E-state index contributed by atoms with van der Waals surface area (Å²) in [6.45, 7) is 3.19. The minimum atomic E-state index is -3.51. The highest BCUT2D eigenvalue weighted by Gasteiger charge is 2.28. The maximum Gasteiger partial charge on any atom is 0.253 e. The van der Waals surface area contributed by atoms with Crippen molar-refractivity contribution in [1.29, 1.82) is 0 Å². The Morgan fingerprint density at radius 3 is 2.17 bits per heavy atom. The van der Waals surface area contributed by atoms with Gasteiger partial charge in [-0.1, -0.05) is 17.4 Å². The topological polar surface area (TPSA) is 108 Å². The molecule has 3 aromatic rings. The molecule has 0 bridgehead atoms. The van der Waals surface area contributed by atoms with Gasteiger partial charge in [-0.25, -0.2) is 21.8 Å². The van der Waals surface area contributed by atoms with Crippen LogP contribution in [0.4, 0.5) is 5.13 Å². The maximum absolute atomic E-state index is 13.0. The van der Waals surface area contributed by atoms with Gasteiger partial charge in [-0.3, -0.25) is 4.79 Å². The third-order valence-corrected chi connectivity index (χ3v) is 10.5. The van der Waals surface area contributed by atoms with E-state index in [1.165, 1.54) is 34.0 Å². The molecule has 1 aromatic heterocycles. The van der Waals surface area contributed by atoms with E-state index in [1.54, 1.807) is 29.2 Å². The summed E-state index contributed by atoms with van der Waals surface area (Å²) in [5.74, 6) is -0.140. The summed E-state index contributed by atoms with van der Waals surface area (Å²) < 4.78 is 51.9. The predicted octanol–water partition coefficient (Wildman–Crippen LogP) is 2.45. The number of rotatable bonds is 5. The van der Waals surface area contributed by atoms with E-state index in [-0.39, 0.29) is 15.7 Å². The fourth-order valence-corrected chi connectivity index (χ4v) is 7.93. The quantitative estimate of drug-likeness (QED) is 0.495.